The van der Waals surface area contributed by atoms with E-state index < -0.39 is 10.8 Å². The highest BCUT2D eigenvalue weighted by molar-refractivity contribution is 7.80. The van der Waals surface area contributed by atoms with Gasteiger partial charge >= 0.3 is 0 Å². The first-order valence-corrected chi connectivity index (χ1v) is 13.3. The predicted octanol–water partition coefficient (Wildman–Crippen LogP) is 6.91. The number of nitro benzene ring substituents is 1. The van der Waals surface area contributed by atoms with Crippen LogP contribution in [0.2, 0.25) is 10.0 Å². The van der Waals surface area contributed by atoms with Gasteiger partial charge in [0.1, 0.15) is 10.7 Å². The molecule has 2 N–H and O–H groups in total. The van der Waals surface area contributed by atoms with Gasteiger partial charge in [-0.25, -0.2) is 4.98 Å². The van der Waals surface area contributed by atoms with Gasteiger partial charge in [0, 0.05) is 35.3 Å². The van der Waals surface area contributed by atoms with Crippen molar-refractivity contribution in [3.8, 4) is 10.6 Å². The second-order valence-corrected chi connectivity index (χ2v) is 10.6. The zero-order chi connectivity index (χ0) is 26.1. The lowest BCUT2D eigenvalue weighted by atomic mass is 10.1. The summed E-state index contributed by atoms with van der Waals surface area (Å²) < 4.78 is 0.995. The van der Waals surface area contributed by atoms with Gasteiger partial charge in [0.2, 0.25) is 0 Å². The molecule has 1 amide bonds. The van der Waals surface area contributed by atoms with Crippen LogP contribution in [0.4, 0.5) is 17.1 Å². The Labute approximate surface area is 231 Å². The summed E-state index contributed by atoms with van der Waals surface area (Å²) in [5, 5.41) is 18.6. The van der Waals surface area contributed by atoms with E-state index in [0.29, 0.717) is 32.0 Å². The minimum atomic E-state index is -0.583. The van der Waals surface area contributed by atoms with Crippen molar-refractivity contribution in [3.63, 3.8) is 0 Å². The highest BCUT2D eigenvalue weighted by Gasteiger charge is 2.24. The van der Waals surface area contributed by atoms with Crippen molar-refractivity contribution in [2.75, 3.05) is 23.3 Å². The third-order valence-corrected chi connectivity index (χ3v) is 7.72. The first-order chi connectivity index (χ1) is 17.8. The van der Waals surface area contributed by atoms with Gasteiger partial charge in [0.15, 0.2) is 5.11 Å². The van der Waals surface area contributed by atoms with Crippen LogP contribution in [-0.4, -0.2) is 34.0 Å². The number of para-hydroxylation sites is 1. The molecule has 188 valence electrons. The van der Waals surface area contributed by atoms with Gasteiger partial charge in [-0.15, -0.1) is 11.3 Å². The lowest BCUT2D eigenvalue weighted by molar-refractivity contribution is -0.384. The van der Waals surface area contributed by atoms with Crippen LogP contribution in [0.5, 0.6) is 0 Å². The molecule has 0 aliphatic carbocycles. The lowest BCUT2D eigenvalue weighted by Gasteiger charge is -2.18. The van der Waals surface area contributed by atoms with Crippen LogP contribution < -0.4 is 15.5 Å². The van der Waals surface area contributed by atoms with E-state index in [4.69, 9.17) is 35.4 Å². The van der Waals surface area contributed by atoms with Crippen molar-refractivity contribution in [1.82, 2.24) is 10.3 Å². The number of carbonyl (C=O) groups excluding carboxylic acids is 1. The number of nitrogens with zero attached hydrogens (tertiary/aromatic N) is 3. The van der Waals surface area contributed by atoms with E-state index in [9.17, 15) is 14.9 Å². The molecule has 5 rings (SSSR count). The Hall–Kier alpha value is -3.31. The minimum absolute atomic E-state index is 0.0251. The molecule has 0 atom stereocenters. The van der Waals surface area contributed by atoms with Gasteiger partial charge in [0.25, 0.3) is 11.6 Å². The van der Waals surface area contributed by atoms with Gasteiger partial charge < -0.3 is 10.2 Å². The fourth-order valence-corrected chi connectivity index (χ4v) is 5.94. The van der Waals surface area contributed by atoms with E-state index in [0.717, 1.165) is 36.1 Å². The molecule has 2 heterocycles. The summed E-state index contributed by atoms with van der Waals surface area (Å²) in [4.78, 5) is 30.8. The number of hydrogen-bond donors (Lipinski definition) is 2. The third kappa shape index (κ3) is 5.37. The zero-order valence-electron chi connectivity index (χ0n) is 19.2. The van der Waals surface area contributed by atoms with Gasteiger partial charge in [-0.1, -0.05) is 35.3 Å². The largest absolute Gasteiger partial charge is 0.366 e. The molecule has 0 radical (unpaired) electrons. The SMILES string of the molecule is O=C(NC(=S)Nc1c(Cl)cc(Cl)cc1-c1nc2ccccc2s1)c1ccc(N2CCCC2)c([N+](=O)[O-])c1. The number of carbonyl (C=O) groups is 1. The molecule has 37 heavy (non-hydrogen) atoms. The maximum absolute atomic E-state index is 12.9. The first-order valence-electron chi connectivity index (χ1n) is 11.3. The molecule has 0 unspecified atom stereocenters. The summed E-state index contributed by atoms with van der Waals surface area (Å²) >= 11 is 19.6. The number of nitrogens with one attached hydrogen (secondary N) is 2. The van der Waals surface area contributed by atoms with Crippen molar-refractivity contribution < 1.29 is 9.72 Å². The highest BCUT2D eigenvalue weighted by Crippen LogP contribution is 2.40. The third-order valence-electron chi connectivity index (χ3n) is 5.93. The number of nitro groups is 1. The molecule has 1 aromatic heterocycles. The maximum Gasteiger partial charge on any atom is 0.293 e. The Morgan fingerprint density at radius 2 is 1.86 bits per heavy atom. The summed E-state index contributed by atoms with van der Waals surface area (Å²) in [6.45, 7) is 1.50. The molecule has 12 heteroatoms. The topological polar surface area (TPSA) is 100 Å². The van der Waals surface area contributed by atoms with E-state index in [1.54, 1.807) is 24.3 Å². The molecule has 0 saturated carbocycles. The van der Waals surface area contributed by atoms with Gasteiger partial charge in [-0.05, 0) is 61.5 Å². The van der Waals surface area contributed by atoms with Crippen LogP contribution in [0, 0.1) is 10.1 Å². The van der Waals surface area contributed by atoms with E-state index in [2.05, 4.69) is 15.6 Å². The highest BCUT2D eigenvalue weighted by atomic mass is 35.5. The summed E-state index contributed by atoms with van der Waals surface area (Å²) in [5.74, 6) is -0.583. The quantitative estimate of drug-likeness (QED) is 0.152. The molecule has 0 spiro atoms. The molecule has 1 aliphatic rings. The molecular formula is C25H19Cl2N5O3S2. The number of thiazole rings is 1. The average Bonchev–Trinajstić information content (AvgIpc) is 3.55. The number of amides is 1. The lowest BCUT2D eigenvalue weighted by Crippen LogP contribution is -2.34. The second-order valence-electron chi connectivity index (χ2n) is 8.36. The van der Waals surface area contributed by atoms with E-state index in [-0.39, 0.29) is 16.4 Å². The van der Waals surface area contributed by atoms with Gasteiger partial charge in [0.05, 0.1) is 25.8 Å². The Morgan fingerprint density at radius 1 is 1.11 bits per heavy atom. The Kier molecular flexibility index (Phi) is 7.25. The fraction of sp³-hybridized carbons (Fsp3) is 0.160. The molecule has 8 nitrogen and oxygen atoms in total. The predicted molar refractivity (Wildman–Crippen MR) is 153 cm³/mol. The second kappa shape index (κ2) is 10.6. The molecule has 3 aromatic carbocycles. The standard InChI is InChI=1S/C25H19Cl2N5O3S2/c26-15-12-16(24-28-18-5-1-2-6-21(18)37-24)22(17(27)13-15)29-25(36)30-23(33)14-7-8-19(20(11-14)32(34)35)31-9-3-4-10-31/h1-2,5-8,11-13H,3-4,9-10H2,(H2,29,30,33,36). The number of thiocarbonyl (C=S) groups is 1. The van der Waals surface area contributed by atoms with Crippen LogP contribution in [0.15, 0.2) is 54.6 Å². The normalized spacial score (nSPS) is 13.1. The molecule has 0 bridgehead atoms. The van der Waals surface area contributed by atoms with Gasteiger partial charge in [-0.3, -0.25) is 20.2 Å². The summed E-state index contributed by atoms with van der Waals surface area (Å²) in [6.07, 6.45) is 1.96. The van der Waals surface area contributed by atoms with Crippen molar-refractivity contribution in [2.45, 2.75) is 12.8 Å². The fourth-order valence-electron chi connectivity index (χ4n) is 4.21. The van der Waals surface area contributed by atoms with Gasteiger partial charge in [-0.2, -0.15) is 0 Å². The van der Waals surface area contributed by atoms with E-state index in [1.165, 1.54) is 17.4 Å². The number of halogens is 2. The van der Waals surface area contributed by atoms with E-state index in [1.807, 2.05) is 29.2 Å². The number of hydrogen-bond acceptors (Lipinski definition) is 7. The Bertz CT molecular complexity index is 1520. The molecular weight excluding hydrogens is 553 g/mol. The average molecular weight is 572 g/mol. The van der Waals surface area contributed by atoms with Crippen LogP contribution in [0.1, 0.15) is 23.2 Å². The Balaban J connectivity index is 1.38. The maximum atomic E-state index is 12.9. The van der Waals surface area contributed by atoms with Crippen LogP contribution in [0.3, 0.4) is 0 Å². The summed E-state index contributed by atoms with van der Waals surface area (Å²) in [5.41, 5.74) is 2.40. The smallest absolute Gasteiger partial charge is 0.293 e. The first kappa shape index (κ1) is 25.3. The minimum Gasteiger partial charge on any atom is -0.366 e. The number of anilines is 2. The van der Waals surface area contributed by atoms with Crippen molar-refractivity contribution in [2.24, 2.45) is 0 Å². The number of fused-ring (bicyclic) bond motifs is 1. The van der Waals surface area contributed by atoms with E-state index >= 15 is 0 Å². The van der Waals surface area contributed by atoms with Crippen molar-refractivity contribution in [3.05, 3.63) is 80.3 Å². The summed E-state index contributed by atoms with van der Waals surface area (Å²) in [7, 11) is 0. The monoisotopic (exact) mass is 571 g/mol. The number of benzene rings is 3. The Morgan fingerprint density at radius 3 is 2.59 bits per heavy atom. The van der Waals surface area contributed by atoms with Crippen LogP contribution in [0.25, 0.3) is 20.8 Å². The zero-order valence-corrected chi connectivity index (χ0v) is 22.3. The molecule has 1 saturated heterocycles. The van der Waals surface area contributed by atoms with Crippen molar-refractivity contribution >= 4 is 85.1 Å². The summed E-state index contributed by atoms with van der Waals surface area (Å²) in [6, 6.07) is 15.4. The molecule has 4 aromatic rings. The van der Waals surface area contributed by atoms with Crippen molar-refractivity contribution in [1.29, 1.82) is 0 Å². The van der Waals surface area contributed by atoms with Crippen LogP contribution >= 0.6 is 46.8 Å². The number of aromatic nitrogens is 1. The molecule has 1 fully saturated rings. The van der Waals surface area contributed by atoms with Crippen LogP contribution in [-0.2, 0) is 0 Å². The molecule has 1 aliphatic heterocycles. The number of rotatable bonds is 5.